The van der Waals surface area contributed by atoms with Gasteiger partial charge in [0.1, 0.15) is 12.4 Å². The Labute approximate surface area is 237 Å². The second kappa shape index (κ2) is 11.7. The highest BCUT2D eigenvalue weighted by Gasteiger charge is 2.14. The number of nitrogens with one attached hydrogen (secondary N) is 1. The molecule has 0 aliphatic rings. The Balaban J connectivity index is 1.32. The summed E-state index contributed by atoms with van der Waals surface area (Å²) < 4.78 is 7.58. The summed E-state index contributed by atoms with van der Waals surface area (Å²) in [4.78, 5) is 17.9. The predicted octanol–water partition coefficient (Wildman–Crippen LogP) is 8.08. The van der Waals surface area contributed by atoms with Gasteiger partial charge in [-0.25, -0.2) is 10.4 Å². The van der Waals surface area contributed by atoms with E-state index in [1.165, 1.54) is 5.56 Å². The van der Waals surface area contributed by atoms with Crippen LogP contribution in [0.3, 0.4) is 0 Å². The van der Waals surface area contributed by atoms with E-state index in [4.69, 9.17) is 9.72 Å². The number of rotatable bonds is 7. The van der Waals surface area contributed by atoms with Crippen LogP contribution in [0.2, 0.25) is 0 Å². The SMILES string of the molecule is Cc1ccc(COc2c(Br)cc(/C=N/NC(=O)c3cc(-c4ccccc4)nc4ccccc34)cc2Br)cc1. The molecule has 0 bridgehead atoms. The first-order chi connectivity index (χ1) is 18.5. The second-order valence-electron chi connectivity index (χ2n) is 8.73. The number of fused-ring (bicyclic) bond motifs is 1. The van der Waals surface area contributed by atoms with Crippen LogP contribution in [0.25, 0.3) is 22.2 Å². The molecular formula is C31H23Br2N3O2. The van der Waals surface area contributed by atoms with Gasteiger partial charge in [0.25, 0.3) is 5.91 Å². The van der Waals surface area contributed by atoms with E-state index < -0.39 is 0 Å². The second-order valence-corrected chi connectivity index (χ2v) is 10.4. The highest BCUT2D eigenvalue weighted by Crippen LogP contribution is 2.35. The average Bonchev–Trinajstić information content (AvgIpc) is 2.93. The molecule has 1 N–H and O–H groups in total. The maximum absolute atomic E-state index is 13.2. The molecule has 0 aliphatic heterocycles. The first-order valence-electron chi connectivity index (χ1n) is 11.9. The number of hydrazone groups is 1. The summed E-state index contributed by atoms with van der Waals surface area (Å²) in [6.07, 6.45) is 1.60. The van der Waals surface area contributed by atoms with Crippen molar-refractivity contribution in [3.8, 4) is 17.0 Å². The first kappa shape index (κ1) is 25.8. The van der Waals surface area contributed by atoms with Crippen molar-refractivity contribution in [1.29, 1.82) is 0 Å². The van der Waals surface area contributed by atoms with Gasteiger partial charge in [-0.1, -0.05) is 78.4 Å². The Hall–Kier alpha value is -3.81. The van der Waals surface area contributed by atoms with Crippen molar-refractivity contribution in [1.82, 2.24) is 10.4 Å². The molecular weight excluding hydrogens is 606 g/mol. The van der Waals surface area contributed by atoms with Crippen LogP contribution in [-0.4, -0.2) is 17.1 Å². The highest BCUT2D eigenvalue weighted by atomic mass is 79.9. The molecule has 7 heteroatoms. The number of halogens is 2. The predicted molar refractivity (Wildman–Crippen MR) is 160 cm³/mol. The number of hydrogen-bond acceptors (Lipinski definition) is 4. The normalized spacial score (nSPS) is 11.1. The fourth-order valence-corrected chi connectivity index (χ4v) is 5.43. The molecule has 188 valence electrons. The highest BCUT2D eigenvalue weighted by molar-refractivity contribution is 9.11. The van der Waals surface area contributed by atoms with E-state index in [-0.39, 0.29) is 5.91 Å². The molecule has 0 atom stereocenters. The van der Waals surface area contributed by atoms with E-state index >= 15 is 0 Å². The Kier molecular flexibility index (Phi) is 7.96. The van der Waals surface area contributed by atoms with Gasteiger partial charge in [-0.15, -0.1) is 0 Å². The van der Waals surface area contributed by atoms with Crippen LogP contribution in [0.5, 0.6) is 5.75 Å². The van der Waals surface area contributed by atoms with E-state index in [0.717, 1.165) is 42.2 Å². The van der Waals surface area contributed by atoms with Gasteiger partial charge in [0, 0.05) is 10.9 Å². The molecule has 5 aromatic rings. The number of benzene rings is 4. The monoisotopic (exact) mass is 627 g/mol. The minimum Gasteiger partial charge on any atom is -0.487 e. The lowest BCUT2D eigenvalue weighted by atomic mass is 10.0. The fourth-order valence-electron chi connectivity index (χ4n) is 3.98. The zero-order valence-corrected chi connectivity index (χ0v) is 23.7. The molecule has 0 unspecified atom stereocenters. The largest absolute Gasteiger partial charge is 0.487 e. The van der Waals surface area contributed by atoms with Crippen molar-refractivity contribution in [3.05, 3.63) is 128 Å². The molecule has 0 aliphatic carbocycles. The summed E-state index contributed by atoms with van der Waals surface area (Å²) in [5.41, 5.74) is 8.67. The van der Waals surface area contributed by atoms with Crippen LogP contribution in [0.15, 0.2) is 111 Å². The Morgan fingerprint density at radius 3 is 2.34 bits per heavy atom. The Morgan fingerprint density at radius 2 is 1.61 bits per heavy atom. The number of ether oxygens (including phenoxy) is 1. The maximum atomic E-state index is 13.2. The van der Waals surface area contributed by atoms with E-state index in [1.54, 1.807) is 12.3 Å². The molecule has 1 heterocycles. The standard InChI is InChI=1S/C31H23Br2N3O2/c1-20-11-13-21(14-12-20)19-38-30-26(32)15-22(16-27(30)33)18-34-36-31(37)25-17-29(23-7-3-2-4-8-23)35-28-10-6-5-9-24(25)28/h2-18H,19H2,1H3,(H,36,37)/b34-18+. The van der Waals surface area contributed by atoms with Crippen LogP contribution in [0, 0.1) is 6.92 Å². The molecule has 5 rings (SSSR count). The van der Waals surface area contributed by atoms with Crippen molar-refractivity contribution in [3.63, 3.8) is 0 Å². The van der Waals surface area contributed by atoms with Crippen LogP contribution in [-0.2, 0) is 6.61 Å². The third-order valence-electron chi connectivity index (χ3n) is 5.93. The van der Waals surface area contributed by atoms with Gasteiger partial charge in [0.05, 0.1) is 31.9 Å². The molecule has 38 heavy (non-hydrogen) atoms. The summed E-state index contributed by atoms with van der Waals surface area (Å²) in [5.74, 6) is 0.386. The smallest absolute Gasteiger partial charge is 0.272 e. The van der Waals surface area contributed by atoms with Gasteiger partial charge in [0.15, 0.2) is 0 Å². The molecule has 0 fully saturated rings. The van der Waals surface area contributed by atoms with Crippen LogP contribution < -0.4 is 10.2 Å². The van der Waals surface area contributed by atoms with Crippen LogP contribution >= 0.6 is 31.9 Å². The van der Waals surface area contributed by atoms with E-state index in [0.29, 0.717) is 17.9 Å². The van der Waals surface area contributed by atoms with Crippen LogP contribution in [0.1, 0.15) is 27.0 Å². The summed E-state index contributed by atoms with van der Waals surface area (Å²) in [6, 6.07) is 31.2. The molecule has 5 nitrogen and oxygen atoms in total. The van der Waals surface area contributed by atoms with Crippen molar-refractivity contribution in [2.24, 2.45) is 5.10 Å². The number of amides is 1. The molecule has 0 radical (unpaired) electrons. The van der Waals surface area contributed by atoms with Crippen molar-refractivity contribution >= 4 is 54.9 Å². The van der Waals surface area contributed by atoms with Crippen molar-refractivity contribution in [2.75, 3.05) is 0 Å². The number of carbonyl (C=O) groups excluding carboxylic acids is 1. The fraction of sp³-hybridized carbons (Fsp3) is 0.0645. The molecule has 1 aromatic heterocycles. The first-order valence-corrected chi connectivity index (χ1v) is 13.5. The van der Waals surface area contributed by atoms with Gasteiger partial charge in [-0.2, -0.15) is 5.10 Å². The minimum absolute atomic E-state index is 0.312. The third-order valence-corrected chi connectivity index (χ3v) is 7.11. The van der Waals surface area contributed by atoms with E-state index in [9.17, 15) is 4.79 Å². The quantitative estimate of drug-likeness (QED) is 0.146. The summed E-state index contributed by atoms with van der Waals surface area (Å²) >= 11 is 7.17. The van der Waals surface area contributed by atoms with Gasteiger partial charge in [-0.3, -0.25) is 4.79 Å². The Morgan fingerprint density at radius 1 is 0.921 bits per heavy atom. The third kappa shape index (κ3) is 6.01. The lowest BCUT2D eigenvalue weighted by Gasteiger charge is -2.11. The molecule has 0 saturated heterocycles. The minimum atomic E-state index is -0.312. The van der Waals surface area contributed by atoms with Crippen molar-refractivity contribution < 1.29 is 9.53 Å². The number of hydrogen-bond donors (Lipinski definition) is 1. The lowest BCUT2D eigenvalue weighted by Crippen LogP contribution is -2.18. The van der Waals surface area contributed by atoms with Gasteiger partial charge in [-0.05, 0) is 74.2 Å². The average molecular weight is 629 g/mol. The Bertz CT molecular complexity index is 1610. The number of pyridine rings is 1. The topological polar surface area (TPSA) is 63.6 Å². The lowest BCUT2D eigenvalue weighted by molar-refractivity contribution is 0.0956. The molecule has 4 aromatic carbocycles. The number of aromatic nitrogens is 1. The number of nitrogens with zero attached hydrogens (tertiary/aromatic N) is 2. The van der Waals surface area contributed by atoms with Gasteiger partial charge in [0.2, 0.25) is 0 Å². The molecule has 0 spiro atoms. The zero-order valence-electron chi connectivity index (χ0n) is 20.5. The zero-order chi connectivity index (χ0) is 26.5. The summed E-state index contributed by atoms with van der Waals surface area (Å²) in [7, 11) is 0. The molecule has 0 saturated carbocycles. The van der Waals surface area contributed by atoms with E-state index in [2.05, 4.69) is 73.6 Å². The number of para-hydroxylation sites is 1. The van der Waals surface area contributed by atoms with Crippen molar-refractivity contribution in [2.45, 2.75) is 13.5 Å². The molecule has 1 amide bonds. The van der Waals surface area contributed by atoms with Gasteiger partial charge >= 0.3 is 0 Å². The van der Waals surface area contributed by atoms with E-state index in [1.807, 2.05) is 66.7 Å². The van der Waals surface area contributed by atoms with Crippen LogP contribution in [0.4, 0.5) is 0 Å². The van der Waals surface area contributed by atoms with Gasteiger partial charge < -0.3 is 4.74 Å². The number of carbonyl (C=O) groups is 1. The summed E-state index contributed by atoms with van der Waals surface area (Å²) in [6.45, 7) is 2.51. The maximum Gasteiger partial charge on any atom is 0.272 e. The number of aryl methyl sites for hydroxylation is 1. The summed E-state index contributed by atoms with van der Waals surface area (Å²) in [5, 5.41) is 4.98.